The van der Waals surface area contributed by atoms with Crippen molar-refractivity contribution in [3.05, 3.63) is 0 Å². The molecule has 1 saturated carbocycles. The summed E-state index contributed by atoms with van der Waals surface area (Å²) in [5.41, 5.74) is 0. The van der Waals surface area contributed by atoms with Crippen LogP contribution in [0.5, 0.6) is 0 Å². The normalized spacial score (nSPS) is 20.0. The van der Waals surface area contributed by atoms with E-state index < -0.39 is 14.8 Å². The molecule has 0 aliphatic heterocycles. The first-order valence-electron chi connectivity index (χ1n) is 6.60. The summed E-state index contributed by atoms with van der Waals surface area (Å²) in [6.07, 6.45) is 2.99. The number of sulfonamides is 1. The highest BCUT2D eigenvalue weighted by Gasteiger charge is 2.45. The van der Waals surface area contributed by atoms with Gasteiger partial charge in [0.1, 0.15) is 0 Å². The van der Waals surface area contributed by atoms with Crippen LogP contribution in [0.25, 0.3) is 0 Å². The predicted molar refractivity (Wildman–Crippen MR) is 72.5 cm³/mol. The SMILES string of the molecule is CC(C)C[C@@H](C)N(C1CC1)S(=O)(=O)C(C)(C)C. The number of hydrogen-bond acceptors (Lipinski definition) is 2. The van der Waals surface area contributed by atoms with Crippen LogP contribution in [0.15, 0.2) is 0 Å². The van der Waals surface area contributed by atoms with Gasteiger partial charge in [-0.25, -0.2) is 8.42 Å². The third-order valence-electron chi connectivity index (χ3n) is 3.21. The van der Waals surface area contributed by atoms with Crippen molar-refractivity contribution >= 4 is 10.0 Å². The van der Waals surface area contributed by atoms with E-state index in [-0.39, 0.29) is 12.1 Å². The first-order valence-corrected chi connectivity index (χ1v) is 8.04. The fourth-order valence-corrected chi connectivity index (χ4v) is 4.02. The Balaban J connectivity index is 2.94. The van der Waals surface area contributed by atoms with Gasteiger partial charge in [-0.3, -0.25) is 0 Å². The van der Waals surface area contributed by atoms with Crippen LogP contribution in [0.3, 0.4) is 0 Å². The lowest BCUT2D eigenvalue weighted by Gasteiger charge is -2.35. The van der Waals surface area contributed by atoms with Gasteiger partial charge in [0, 0.05) is 12.1 Å². The quantitative estimate of drug-likeness (QED) is 0.763. The molecule has 0 unspecified atom stereocenters. The minimum Gasteiger partial charge on any atom is -0.212 e. The van der Waals surface area contributed by atoms with Crippen LogP contribution in [0.1, 0.15) is 60.8 Å². The van der Waals surface area contributed by atoms with Crippen LogP contribution < -0.4 is 0 Å². The Labute approximate surface area is 107 Å². The van der Waals surface area contributed by atoms with Crippen molar-refractivity contribution in [2.45, 2.75) is 77.6 Å². The second-order valence-electron chi connectivity index (χ2n) is 6.66. The molecule has 4 heteroatoms. The molecule has 0 saturated heterocycles. The maximum Gasteiger partial charge on any atom is 0.219 e. The van der Waals surface area contributed by atoms with Gasteiger partial charge >= 0.3 is 0 Å². The molecular formula is C13H27NO2S. The molecule has 1 atom stereocenters. The summed E-state index contributed by atoms with van der Waals surface area (Å²) < 4.78 is 26.3. The van der Waals surface area contributed by atoms with Crippen molar-refractivity contribution in [1.29, 1.82) is 0 Å². The molecule has 0 radical (unpaired) electrons. The van der Waals surface area contributed by atoms with Gasteiger partial charge in [-0.2, -0.15) is 4.31 Å². The van der Waals surface area contributed by atoms with Crippen LogP contribution in [0.2, 0.25) is 0 Å². The third-order valence-corrected chi connectivity index (χ3v) is 5.97. The van der Waals surface area contributed by atoms with E-state index in [2.05, 4.69) is 13.8 Å². The lowest BCUT2D eigenvalue weighted by Crippen LogP contribution is -2.48. The Morgan fingerprint density at radius 3 is 1.94 bits per heavy atom. The molecule has 1 rings (SSSR count). The van der Waals surface area contributed by atoms with Crippen molar-refractivity contribution < 1.29 is 8.42 Å². The third kappa shape index (κ3) is 3.44. The Morgan fingerprint density at radius 1 is 1.18 bits per heavy atom. The van der Waals surface area contributed by atoms with Gasteiger partial charge in [-0.15, -0.1) is 0 Å². The molecule has 17 heavy (non-hydrogen) atoms. The summed E-state index contributed by atoms with van der Waals surface area (Å²) in [6, 6.07) is 0.375. The Morgan fingerprint density at radius 2 is 1.65 bits per heavy atom. The van der Waals surface area contributed by atoms with Gasteiger partial charge in [0.25, 0.3) is 0 Å². The number of hydrogen-bond donors (Lipinski definition) is 0. The molecule has 0 aromatic rings. The van der Waals surface area contributed by atoms with Crippen LogP contribution in [0, 0.1) is 5.92 Å². The fraction of sp³-hybridized carbons (Fsp3) is 1.00. The molecule has 0 spiro atoms. The van der Waals surface area contributed by atoms with Gasteiger partial charge in [-0.1, -0.05) is 13.8 Å². The van der Waals surface area contributed by atoms with Crippen molar-refractivity contribution in [3.8, 4) is 0 Å². The van der Waals surface area contributed by atoms with E-state index in [0.29, 0.717) is 5.92 Å². The molecule has 1 aliphatic carbocycles. The predicted octanol–water partition coefficient (Wildman–Crippen LogP) is 3.01. The summed E-state index contributed by atoms with van der Waals surface area (Å²) in [7, 11) is -3.19. The topological polar surface area (TPSA) is 37.4 Å². The molecule has 0 bridgehead atoms. The largest absolute Gasteiger partial charge is 0.219 e. The van der Waals surface area contributed by atoms with E-state index in [1.807, 2.05) is 6.92 Å². The van der Waals surface area contributed by atoms with E-state index >= 15 is 0 Å². The summed E-state index contributed by atoms with van der Waals surface area (Å²) in [6.45, 7) is 11.7. The molecular weight excluding hydrogens is 234 g/mol. The Bertz CT molecular complexity index is 350. The van der Waals surface area contributed by atoms with Gasteiger partial charge in [0.05, 0.1) is 4.75 Å². The van der Waals surface area contributed by atoms with Crippen LogP contribution in [-0.2, 0) is 10.0 Å². The second-order valence-corrected chi connectivity index (χ2v) is 9.25. The lowest BCUT2D eigenvalue weighted by molar-refractivity contribution is 0.283. The highest BCUT2D eigenvalue weighted by Crippen LogP contribution is 2.36. The fourth-order valence-electron chi connectivity index (χ4n) is 2.22. The van der Waals surface area contributed by atoms with Crippen LogP contribution in [-0.4, -0.2) is 29.6 Å². The first-order chi connectivity index (χ1) is 7.57. The molecule has 0 amide bonds. The summed E-state index contributed by atoms with van der Waals surface area (Å²) in [4.78, 5) is 0. The van der Waals surface area contributed by atoms with Crippen molar-refractivity contribution in [1.82, 2.24) is 4.31 Å². The van der Waals surface area contributed by atoms with Crippen molar-refractivity contribution in [2.24, 2.45) is 5.92 Å². The second kappa shape index (κ2) is 4.88. The van der Waals surface area contributed by atoms with Gasteiger partial charge in [0.2, 0.25) is 10.0 Å². The molecule has 1 fully saturated rings. The average molecular weight is 261 g/mol. The van der Waals surface area contributed by atoms with Crippen LogP contribution >= 0.6 is 0 Å². The summed E-state index contributed by atoms with van der Waals surface area (Å²) in [5.74, 6) is 0.529. The highest BCUT2D eigenvalue weighted by molar-refractivity contribution is 7.90. The molecule has 0 aromatic carbocycles. The molecule has 1 aliphatic rings. The van der Waals surface area contributed by atoms with E-state index in [4.69, 9.17) is 0 Å². The number of nitrogens with zero attached hydrogens (tertiary/aromatic N) is 1. The smallest absolute Gasteiger partial charge is 0.212 e. The molecule has 102 valence electrons. The standard InChI is InChI=1S/C13H27NO2S/c1-10(2)9-11(3)14(12-7-8-12)17(15,16)13(4,5)6/h10-12H,7-9H2,1-6H3/t11-/m1/s1. The summed E-state index contributed by atoms with van der Waals surface area (Å²) >= 11 is 0. The zero-order chi connectivity index (χ0) is 13.4. The van der Waals surface area contributed by atoms with Crippen LogP contribution in [0.4, 0.5) is 0 Å². The van der Waals surface area contributed by atoms with Gasteiger partial charge < -0.3 is 0 Å². The average Bonchev–Trinajstić information content (AvgIpc) is 2.83. The lowest BCUT2D eigenvalue weighted by atomic mass is 10.1. The Kier molecular flexibility index (Phi) is 4.30. The molecule has 0 N–H and O–H groups in total. The van der Waals surface area contributed by atoms with Gasteiger partial charge in [0.15, 0.2) is 0 Å². The monoisotopic (exact) mass is 261 g/mol. The molecule has 3 nitrogen and oxygen atoms in total. The van der Waals surface area contributed by atoms with Crippen molar-refractivity contribution in [3.63, 3.8) is 0 Å². The summed E-state index contributed by atoms with van der Waals surface area (Å²) in [5, 5.41) is 0. The van der Waals surface area contributed by atoms with E-state index in [9.17, 15) is 8.42 Å². The Hall–Kier alpha value is -0.0900. The highest BCUT2D eigenvalue weighted by atomic mass is 32.2. The first kappa shape index (κ1) is 15.0. The zero-order valence-corrected chi connectivity index (χ0v) is 12.8. The van der Waals surface area contributed by atoms with E-state index in [1.165, 1.54) is 0 Å². The van der Waals surface area contributed by atoms with Gasteiger partial charge in [-0.05, 0) is 52.9 Å². The maximum atomic E-state index is 12.6. The molecule has 0 aromatic heterocycles. The minimum atomic E-state index is -3.19. The minimum absolute atomic E-state index is 0.117. The number of rotatable bonds is 5. The zero-order valence-electron chi connectivity index (χ0n) is 12.0. The maximum absolute atomic E-state index is 12.6. The molecule has 0 heterocycles. The van der Waals surface area contributed by atoms with E-state index in [0.717, 1.165) is 19.3 Å². The van der Waals surface area contributed by atoms with Crippen molar-refractivity contribution in [2.75, 3.05) is 0 Å². The van der Waals surface area contributed by atoms with E-state index in [1.54, 1.807) is 25.1 Å².